The first kappa shape index (κ1) is 15.7. The quantitative estimate of drug-likeness (QED) is 0.679. The van der Waals surface area contributed by atoms with E-state index in [1.807, 2.05) is 0 Å². The van der Waals surface area contributed by atoms with E-state index in [1.54, 1.807) is 24.3 Å². The van der Waals surface area contributed by atoms with E-state index in [0.29, 0.717) is 22.6 Å². The number of amides is 1. The number of para-hydroxylation sites is 1. The zero-order valence-electron chi connectivity index (χ0n) is 11.4. The standard InChI is InChI=1S/C16H12ClNO4/c17-13-3-1-2-4-14(13)18-15(20)10-22-16(21)12-7-5-11(9-19)6-8-12/h1-9H,10H2,(H,18,20). The van der Waals surface area contributed by atoms with Crippen LogP contribution < -0.4 is 5.32 Å². The third-order valence-electron chi connectivity index (χ3n) is 2.76. The van der Waals surface area contributed by atoms with E-state index < -0.39 is 18.5 Å². The minimum absolute atomic E-state index is 0.260. The van der Waals surface area contributed by atoms with Gasteiger partial charge in [-0.05, 0) is 24.3 Å². The average Bonchev–Trinajstić information content (AvgIpc) is 2.55. The Labute approximate surface area is 131 Å². The number of halogens is 1. The summed E-state index contributed by atoms with van der Waals surface area (Å²) in [6.07, 6.45) is 0.673. The van der Waals surface area contributed by atoms with Crippen molar-refractivity contribution in [2.45, 2.75) is 0 Å². The number of rotatable bonds is 5. The van der Waals surface area contributed by atoms with Gasteiger partial charge in [-0.2, -0.15) is 0 Å². The molecule has 1 amide bonds. The monoisotopic (exact) mass is 317 g/mol. The highest BCUT2D eigenvalue weighted by atomic mass is 35.5. The molecule has 2 aromatic carbocycles. The van der Waals surface area contributed by atoms with Gasteiger partial charge in [-0.25, -0.2) is 4.79 Å². The predicted octanol–water partition coefficient (Wildman–Crippen LogP) is 2.95. The maximum absolute atomic E-state index is 11.8. The number of carbonyl (C=O) groups is 3. The van der Waals surface area contributed by atoms with E-state index in [1.165, 1.54) is 24.3 Å². The third kappa shape index (κ3) is 4.17. The molecule has 0 radical (unpaired) electrons. The van der Waals surface area contributed by atoms with E-state index in [0.717, 1.165) is 0 Å². The minimum Gasteiger partial charge on any atom is -0.452 e. The molecule has 2 rings (SSSR count). The van der Waals surface area contributed by atoms with Gasteiger partial charge >= 0.3 is 5.97 Å². The van der Waals surface area contributed by atoms with E-state index in [2.05, 4.69) is 5.32 Å². The number of aldehydes is 1. The largest absolute Gasteiger partial charge is 0.452 e. The molecule has 0 saturated heterocycles. The van der Waals surface area contributed by atoms with Gasteiger partial charge in [0.05, 0.1) is 16.3 Å². The molecule has 0 atom stereocenters. The molecular weight excluding hydrogens is 306 g/mol. The molecule has 0 fully saturated rings. The molecule has 0 heterocycles. The summed E-state index contributed by atoms with van der Waals surface area (Å²) >= 11 is 5.90. The molecular formula is C16H12ClNO4. The molecule has 0 bridgehead atoms. The van der Waals surface area contributed by atoms with Gasteiger partial charge in [0, 0.05) is 5.56 Å². The second-order valence-corrected chi connectivity index (χ2v) is 4.75. The topological polar surface area (TPSA) is 72.5 Å². The molecule has 5 nitrogen and oxygen atoms in total. The highest BCUT2D eigenvalue weighted by Crippen LogP contribution is 2.20. The van der Waals surface area contributed by atoms with Crippen LogP contribution in [-0.4, -0.2) is 24.8 Å². The Morgan fingerprint density at radius 1 is 1.09 bits per heavy atom. The first-order chi connectivity index (χ1) is 10.6. The van der Waals surface area contributed by atoms with Gasteiger partial charge in [-0.15, -0.1) is 0 Å². The highest BCUT2D eigenvalue weighted by Gasteiger charge is 2.11. The van der Waals surface area contributed by atoms with E-state index in [-0.39, 0.29) is 5.56 Å². The van der Waals surface area contributed by atoms with Gasteiger partial charge in [0.1, 0.15) is 6.29 Å². The molecule has 1 N–H and O–H groups in total. The number of hydrogen-bond donors (Lipinski definition) is 1. The van der Waals surface area contributed by atoms with Gasteiger partial charge < -0.3 is 10.1 Å². The van der Waals surface area contributed by atoms with Crippen molar-refractivity contribution in [3.8, 4) is 0 Å². The number of ether oxygens (including phenoxy) is 1. The molecule has 0 unspecified atom stereocenters. The van der Waals surface area contributed by atoms with Crippen LogP contribution in [-0.2, 0) is 9.53 Å². The maximum atomic E-state index is 11.8. The Bertz CT molecular complexity index is 698. The summed E-state index contributed by atoms with van der Waals surface area (Å²) in [5.74, 6) is -1.14. The average molecular weight is 318 g/mol. The normalized spacial score (nSPS) is 9.86. The molecule has 6 heteroatoms. The van der Waals surface area contributed by atoms with Crippen LogP contribution in [0.2, 0.25) is 5.02 Å². The molecule has 0 aromatic heterocycles. The number of hydrogen-bond acceptors (Lipinski definition) is 4. The van der Waals surface area contributed by atoms with Gasteiger partial charge in [0.25, 0.3) is 5.91 Å². The summed E-state index contributed by atoms with van der Waals surface area (Å²) in [7, 11) is 0. The predicted molar refractivity (Wildman–Crippen MR) is 82.2 cm³/mol. The summed E-state index contributed by atoms with van der Waals surface area (Å²) in [4.78, 5) is 34.0. The Balaban J connectivity index is 1.89. The second-order valence-electron chi connectivity index (χ2n) is 4.34. The Morgan fingerprint density at radius 3 is 2.41 bits per heavy atom. The Morgan fingerprint density at radius 2 is 1.77 bits per heavy atom. The Hall–Kier alpha value is -2.66. The van der Waals surface area contributed by atoms with Crippen molar-refractivity contribution in [1.29, 1.82) is 0 Å². The van der Waals surface area contributed by atoms with Crippen LogP contribution >= 0.6 is 11.6 Å². The summed E-state index contributed by atoms with van der Waals surface area (Å²) in [6.45, 7) is -0.431. The molecule has 0 spiro atoms. The van der Waals surface area contributed by atoms with Crippen molar-refractivity contribution in [2.24, 2.45) is 0 Å². The fraction of sp³-hybridized carbons (Fsp3) is 0.0625. The molecule has 112 valence electrons. The molecule has 22 heavy (non-hydrogen) atoms. The van der Waals surface area contributed by atoms with E-state index in [9.17, 15) is 14.4 Å². The number of anilines is 1. The SMILES string of the molecule is O=Cc1ccc(C(=O)OCC(=O)Nc2ccccc2Cl)cc1. The summed E-state index contributed by atoms with van der Waals surface area (Å²) in [5.41, 5.74) is 1.16. The first-order valence-electron chi connectivity index (χ1n) is 6.37. The van der Waals surface area contributed by atoms with Crippen molar-refractivity contribution in [2.75, 3.05) is 11.9 Å². The van der Waals surface area contributed by atoms with Crippen LogP contribution in [0.25, 0.3) is 0 Å². The second kappa shape index (κ2) is 7.38. The molecule has 0 saturated carbocycles. The van der Waals surface area contributed by atoms with Crippen LogP contribution in [0.3, 0.4) is 0 Å². The lowest BCUT2D eigenvalue weighted by Gasteiger charge is -2.08. The zero-order chi connectivity index (χ0) is 15.9. The van der Waals surface area contributed by atoms with Crippen LogP contribution in [0.5, 0.6) is 0 Å². The van der Waals surface area contributed by atoms with Crippen LogP contribution in [0.1, 0.15) is 20.7 Å². The zero-order valence-corrected chi connectivity index (χ0v) is 12.2. The summed E-state index contributed by atoms with van der Waals surface area (Å²) in [6, 6.07) is 12.6. The molecule has 2 aromatic rings. The number of esters is 1. The van der Waals surface area contributed by atoms with Crippen molar-refractivity contribution in [1.82, 2.24) is 0 Å². The molecule has 0 aliphatic rings. The number of carbonyl (C=O) groups excluding carboxylic acids is 3. The fourth-order valence-corrected chi connectivity index (χ4v) is 1.84. The van der Waals surface area contributed by atoms with Crippen LogP contribution in [0.15, 0.2) is 48.5 Å². The van der Waals surface area contributed by atoms with Crippen molar-refractivity contribution in [3.63, 3.8) is 0 Å². The summed E-state index contributed by atoms with van der Waals surface area (Å²) in [5, 5.41) is 2.94. The van der Waals surface area contributed by atoms with Crippen LogP contribution in [0.4, 0.5) is 5.69 Å². The van der Waals surface area contributed by atoms with Crippen molar-refractivity contribution in [3.05, 3.63) is 64.7 Å². The fourth-order valence-electron chi connectivity index (χ4n) is 1.66. The molecule has 0 aliphatic carbocycles. The van der Waals surface area contributed by atoms with Gasteiger partial charge in [0.2, 0.25) is 0 Å². The maximum Gasteiger partial charge on any atom is 0.338 e. The van der Waals surface area contributed by atoms with Crippen molar-refractivity contribution >= 4 is 35.5 Å². The number of nitrogens with one attached hydrogen (secondary N) is 1. The first-order valence-corrected chi connectivity index (χ1v) is 6.74. The Kier molecular flexibility index (Phi) is 5.27. The van der Waals surface area contributed by atoms with E-state index >= 15 is 0 Å². The third-order valence-corrected chi connectivity index (χ3v) is 3.09. The lowest BCUT2D eigenvalue weighted by atomic mass is 10.1. The highest BCUT2D eigenvalue weighted by molar-refractivity contribution is 6.33. The number of benzene rings is 2. The van der Waals surface area contributed by atoms with Crippen molar-refractivity contribution < 1.29 is 19.1 Å². The smallest absolute Gasteiger partial charge is 0.338 e. The lowest BCUT2D eigenvalue weighted by molar-refractivity contribution is -0.119. The van der Waals surface area contributed by atoms with E-state index in [4.69, 9.17) is 16.3 Å². The van der Waals surface area contributed by atoms with Gasteiger partial charge in [0.15, 0.2) is 6.61 Å². The van der Waals surface area contributed by atoms with Crippen LogP contribution in [0, 0.1) is 0 Å². The van der Waals surface area contributed by atoms with Gasteiger partial charge in [-0.1, -0.05) is 35.9 Å². The van der Waals surface area contributed by atoms with Gasteiger partial charge in [-0.3, -0.25) is 9.59 Å². The summed E-state index contributed by atoms with van der Waals surface area (Å²) < 4.78 is 4.89. The lowest BCUT2D eigenvalue weighted by Crippen LogP contribution is -2.21. The minimum atomic E-state index is -0.647. The molecule has 0 aliphatic heterocycles.